The number of ether oxygens (including phenoxy) is 1. The third kappa shape index (κ3) is 7.43. The topological polar surface area (TPSA) is 29.5 Å². The Hall–Kier alpha value is -0.500. The molecular formula is C13H26O2. The Morgan fingerprint density at radius 1 is 1.33 bits per heavy atom. The van der Waals surface area contributed by atoms with E-state index >= 15 is 0 Å². The molecular weight excluding hydrogens is 188 g/mol. The number of hydrogen-bond acceptors (Lipinski definition) is 2. The zero-order valence-electron chi connectivity index (χ0n) is 10.5. The van der Waals surface area contributed by atoms with E-state index in [1.54, 1.807) is 0 Å². The van der Waals surface area contributed by atoms with Gasteiger partial charge in [-0.05, 0) is 5.92 Å². The quantitative estimate of drug-likeness (QED) is 0.779. The minimum atomic E-state index is -0.212. The molecule has 0 bridgehead atoms. The molecule has 0 saturated carbocycles. The van der Waals surface area contributed by atoms with Crippen molar-refractivity contribution < 1.29 is 9.84 Å². The fourth-order valence-electron chi connectivity index (χ4n) is 1.63. The minimum absolute atomic E-state index is 0.212. The van der Waals surface area contributed by atoms with Crippen LogP contribution in [0, 0.1) is 5.92 Å². The van der Waals surface area contributed by atoms with Crippen molar-refractivity contribution in [3.63, 3.8) is 0 Å². The number of aliphatic hydroxyl groups is 1. The normalized spacial score (nSPS) is 20.6. The monoisotopic (exact) mass is 214 g/mol. The molecule has 0 aliphatic carbocycles. The van der Waals surface area contributed by atoms with Crippen LogP contribution in [0.5, 0.6) is 0 Å². The van der Waals surface area contributed by atoms with Gasteiger partial charge in [-0.3, -0.25) is 0 Å². The summed E-state index contributed by atoms with van der Waals surface area (Å²) in [6.45, 7) is 11.0. The Labute approximate surface area is 94.3 Å². The fraction of sp³-hybridized carbons (Fsp3) is 0.846. The Kier molecular flexibility index (Phi) is 8.49. The zero-order valence-corrected chi connectivity index (χ0v) is 10.5. The lowest BCUT2D eigenvalue weighted by atomic mass is 10.0. The van der Waals surface area contributed by atoms with E-state index in [0.29, 0.717) is 18.8 Å². The molecule has 1 atom stereocenters. The summed E-state index contributed by atoms with van der Waals surface area (Å²) >= 11 is 0. The van der Waals surface area contributed by atoms with Gasteiger partial charge in [-0.2, -0.15) is 0 Å². The molecule has 90 valence electrons. The molecule has 1 rings (SSSR count). The lowest BCUT2D eigenvalue weighted by molar-refractivity contribution is 0.0593. The number of rotatable bonds is 3. The van der Waals surface area contributed by atoms with E-state index in [0.717, 1.165) is 12.3 Å². The fourth-order valence-corrected chi connectivity index (χ4v) is 1.63. The molecule has 1 aliphatic heterocycles. The summed E-state index contributed by atoms with van der Waals surface area (Å²) in [5.41, 5.74) is 0. The third-order valence-electron chi connectivity index (χ3n) is 2.95. The van der Waals surface area contributed by atoms with E-state index < -0.39 is 0 Å². The van der Waals surface area contributed by atoms with E-state index in [2.05, 4.69) is 27.4 Å². The number of aliphatic hydroxyl groups excluding tert-OH is 1. The highest BCUT2D eigenvalue weighted by atomic mass is 16.5. The van der Waals surface area contributed by atoms with E-state index in [1.807, 2.05) is 0 Å². The van der Waals surface area contributed by atoms with Crippen LogP contribution in [-0.4, -0.2) is 17.8 Å². The molecule has 2 heteroatoms. The standard InChI is InChI=1S/C7H16.C6H10O2/c1-4-7(5-2)6-3;1-5-4-6(7)2-3-8-5/h7H,4-6H2,1-3H3;6-7H,1-4H2. The van der Waals surface area contributed by atoms with Crippen LogP contribution < -0.4 is 0 Å². The Morgan fingerprint density at radius 2 is 1.87 bits per heavy atom. The van der Waals surface area contributed by atoms with Crippen molar-refractivity contribution in [1.29, 1.82) is 0 Å². The molecule has 0 aromatic heterocycles. The summed E-state index contributed by atoms with van der Waals surface area (Å²) < 4.78 is 4.99. The second kappa shape index (κ2) is 8.78. The lowest BCUT2D eigenvalue weighted by Crippen LogP contribution is -2.17. The first-order valence-corrected chi connectivity index (χ1v) is 6.12. The van der Waals surface area contributed by atoms with Crippen LogP contribution in [0.15, 0.2) is 12.3 Å². The van der Waals surface area contributed by atoms with Crippen molar-refractivity contribution in [2.75, 3.05) is 6.61 Å². The van der Waals surface area contributed by atoms with Gasteiger partial charge in [-0.15, -0.1) is 0 Å². The van der Waals surface area contributed by atoms with Crippen molar-refractivity contribution in [1.82, 2.24) is 0 Å². The molecule has 1 heterocycles. The first-order chi connectivity index (χ1) is 7.13. The van der Waals surface area contributed by atoms with Crippen LogP contribution in [0.2, 0.25) is 0 Å². The molecule has 0 aromatic rings. The number of hydrogen-bond donors (Lipinski definition) is 1. The van der Waals surface area contributed by atoms with Gasteiger partial charge in [0.15, 0.2) is 0 Å². The Bertz CT molecular complexity index is 156. The first kappa shape index (κ1) is 14.5. The summed E-state index contributed by atoms with van der Waals surface area (Å²) in [4.78, 5) is 0. The van der Waals surface area contributed by atoms with Gasteiger partial charge < -0.3 is 9.84 Å². The summed E-state index contributed by atoms with van der Waals surface area (Å²) in [5.74, 6) is 1.70. The molecule has 1 unspecified atom stereocenters. The highest BCUT2D eigenvalue weighted by molar-refractivity contribution is 4.88. The van der Waals surface area contributed by atoms with Crippen LogP contribution in [0.4, 0.5) is 0 Å². The maximum Gasteiger partial charge on any atom is 0.0914 e. The summed E-state index contributed by atoms with van der Waals surface area (Å²) in [7, 11) is 0. The molecule has 1 saturated heterocycles. The van der Waals surface area contributed by atoms with Gasteiger partial charge in [0, 0.05) is 12.8 Å². The molecule has 0 radical (unpaired) electrons. The van der Waals surface area contributed by atoms with Crippen LogP contribution in [0.3, 0.4) is 0 Å². The van der Waals surface area contributed by atoms with Gasteiger partial charge in [-0.25, -0.2) is 0 Å². The van der Waals surface area contributed by atoms with Crippen molar-refractivity contribution >= 4 is 0 Å². The molecule has 1 N–H and O–H groups in total. The summed E-state index contributed by atoms with van der Waals surface area (Å²) in [5, 5.41) is 8.94. The maximum atomic E-state index is 8.94. The maximum absolute atomic E-state index is 8.94. The molecule has 0 spiro atoms. The molecule has 1 aliphatic rings. The Balaban J connectivity index is 0.000000265. The van der Waals surface area contributed by atoms with Crippen LogP contribution >= 0.6 is 0 Å². The second-order valence-corrected chi connectivity index (χ2v) is 4.12. The van der Waals surface area contributed by atoms with E-state index in [-0.39, 0.29) is 6.10 Å². The van der Waals surface area contributed by atoms with Crippen molar-refractivity contribution in [3.8, 4) is 0 Å². The van der Waals surface area contributed by atoms with Crippen LogP contribution in [0.1, 0.15) is 52.9 Å². The third-order valence-corrected chi connectivity index (χ3v) is 2.95. The Morgan fingerprint density at radius 3 is 2.07 bits per heavy atom. The SMILES string of the molecule is C=C1CC(O)CCO1.CCC(CC)CC. The average molecular weight is 214 g/mol. The van der Waals surface area contributed by atoms with E-state index in [1.165, 1.54) is 19.3 Å². The molecule has 15 heavy (non-hydrogen) atoms. The second-order valence-electron chi connectivity index (χ2n) is 4.12. The summed E-state index contributed by atoms with van der Waals surface area (Å²) in [6, 6.07) is 0. The predicted octanol–water partition coefficient (Wildman–Crippen LogP) is 3.50. The average Bonchev–Trinajstić information content (AvgIpc) is 2.21. The first-order valence-electron chi connectivity index (χ1n) is 6.12. The molecule has 2 nitrogen and oxygen atoms in total. The van der Waals surface area contributed by atoms with Gasteiger partial charge in [0.2, 0.25) is 0 Å². The lowest BCUT2D eigenvalue weighted by Gasteiger charge is -2.19. The minimum Gasteiger partial charge on any atom is -0.498 e. The van der Waals surface area contributed by atoms with Crippen LogP contribution in [-0.2, 0) is 4.74 Å². The molecule has 0 amide bonds. The van der Waals surface area contributed by atoms with Gasteiger partial charge in [0.05, 0.1) is 18.5 Å². The molecule has 1 fully saturated rings. The molecule has 0 aromatic carbocycles. The smallest absolute Gasteiger partial charge is 0.0914 e. The van der Waals surface area contributed by atoms with E-state index in [9.17, 15) is 0 Å². The van der Waals surface area contributed by atoms with E-state index in [4.69, 9.17) is 9.84 Å². The predicted molar refractivity (Wildman–Crippen MR) is 64.7 cm³/mol. The zero-order chi connectivity index (χ0) is 11.7. The summed E-state index contributed by atoms with van der Waals surface area (Å²) in [6.07, 6.45) is 5.21. The van der Waals surface area contributed by atoms with Gasteiger partial charge in [0.25, 0.3) is 0 Å². The highest BCUT2D eigenvalue weighted by Crippen LogP contribution is 2.14. The van der Waals surface area contributed by atoms with Gasteiger partial charge >= 0.3 is 0 Å². The van der Waals surface area contributed by atoms with Gasteiger partial charge in [-0.1, -0.05) is 46.6 Å². The van der Waals surface area contributed by atoms with Gasteiger partial charge in [0.1, 0.15) is 0 Å². The highest BCUT2D eigenvalue weighted by Gasteiger charge is 2.12. The largest absolute Gasteiger partial charge is 0.498 e. The van der Waals surface area contributed by atoms with Crippen LogP contribution in [0.25, 0.3) is 0 Å². The van der Waals surface area contributed by atoms with Crippen molar-refractivity contribution in [2.24, 2.45) is 5.92 Å². The van der Waals surface area contributed by atoms with Crippen molar-refractivity contribution in [3.05, 3.63) is 12.3 Å². The van der Waals surface area contributed by atoms with Crippen molar-refractivity contribution in [2.45, 2.75) is 59.0 Å².